The van der Waals surface area contributed by atoms with Crippen LogP contribution in [0.15, 0.2) is 4.99 Å². The molecular weight excluding hydrogens is 457 g/mol. The van der Waals surface area contributed by atoms with Gasteiger partial charge in [0.1, 0.15) is 0 Å². The van der Waals surface area contributed by atoms with E-state index in [2.05, 4.69) is 34.4 Å². The summed E-state index contributed by atoms with van der Waals surface area (Å²) in [5, 5.41) is 6.60. The van der Waals surface area contributed by atoms with Gasteiger partial charge in [0.15, 0.2) is 5.96 Å². The van der Waals surface area contributed by atoms with Crippen molar-refractivity contribution in [3.8, 4) is 0 Å². The van der Waals surface area contributed by atoms with E-state index in [0.29, 0.717) is 12.5 Å². The molecule has 1 amide bonds. The Balaban J connectivity index is 0.00000676. The van der Waals surface area contributed by atoms with Gasteiger partial charge in [-0.2, -0.15) is 0 Å². The van der Waals surface area contributed by atoms with Crippen LogP contribution >= 0.6 is 24.0 Å². The van der Waals surface area contributed by atoms with Crippen LogP contribution in [-0.4, -0.2) is 88.2 Å². The van der Waals surface area contributed by atoms with Crippen LogP contribution in [0, 0.1) is 5.92 Å². The van der Waals surface area contributed by atoms with Crippen LogP contribution in [0.5, 0.6) is 0 Å². The number of likely N-dealkylation sites (tertiary alicyclic amines) is 1. The molecule has 2 N–H and O–H groups in total. The third kappa shape index (κ3) is 11.1. The summed E-state index contributed by atoms with van der Waals surface area (Å²) in [6.07, 6.45) is 4.17. The van der Waals surface area contributed by atoms with E-state index in [1.54, 1.807) is 11.9 Å². The molecule has 1 aliphatic rings. The summed E-state index contributed by atoms with van der Waals surface area (Å²) >= 11 is 0. The van der Waals surface area contributed by atoms with Gasteiger partial charge in [-0.25, -0.2) is 0 Å². The lowest BCUT2D eigenvalue weighted by molar-refractivity contribution is -0.133. The Morgan fingerprint density at radius 1 is 1.26 bits per heavy atom. The first-order valence-electron chi connectivity index (χ1n) is 9.93. The largest absolute Gasteiger partial charge is 0.380 e. The summed E-state index contributed by atoms with van der Waals surface area (Å²) in [6, 6.07) is 0.0606. The van der Waals surface area contributed by atoms with Crippen molar-refractivity contribution >= 4 is 35.8 Å². The Morgan fingerprint density at radius 3 is 2.59 bits per heavy atom. The van der Waals surface area contributed by atoms with Crippen molar-refractivity contribution in [3.63, 3.8) is 0 Å². The molecule has 8 heteroatoms. The topological polar surface area (TPSA) is 69.2 Å². The van der Waals surface area contributed by atoms with Crippen molar-refractivity contribution in [2.75, 3.05) is 60.5 Å². The first-order valence-corrected chi connectivity index (χ1v) is 9.93. The van der Waals surface area contributed by atoms with Crippen molar-refractivity contribution in [2.24, 2.45) is 10.9 Å². The fourth-order valence-electron chi connectivity index (χ4n) is 3.04. The summed E-state index contributed by atoms with van der Waals surface area (Å²) in [5.74, 6) is 1.71. The van der Waals surface area contributed by atoms with E-state index in [4.69, 9.17) is 4.74 Å². The van der Waals surface area contributed by atoms with E-state index in [1.807, 2.05) is 14.1 Å². The van der Waals surface area contributed by atoms with Crippen LogP contribution in [0.2, 0.25) is 0 Å². The molecule has 1 atom stereocenters. The molecule has 1 heterocycles. The first kappa shape index (κ1) is 26.4. The van der Waals surface area contributed by atoms with Crippen LogP contribution in [0.25, 0.3) is 0 Å². The molecule has 27 heavy (non-hydrogen) atoms. The molecule has 7 nitrogen and oxygen atoms in total. The van der Waals surface area contributed by atoms with Gasteiger partial charge in [-0.05, 0) is 38.1 Å². The predicted molar refractivity (Wildman–Crippen MR) is 123 cm³/mol. The van der Waals surface area contributed by atoms with Gasteiger partial charge in [-0.15, -0.1) is 24.0 Å². The number of carbonyl (C=O) groups is 1. The lowest BCUT2D eigenvalue weighted by Gasteiger charge is -2.26. The fraction of sp³-hybridized carbons (Fsp3) is 0.895. The molecule has 1 aliphatic heterocycles. The van der Waals surface area contributed by atoms with Crippen molar-refractivity contribution in [1.82, 2.24) is 20.4 Å². The van der Waals surface area contributed by atoms with E-state index in [9.17, 15) is 4.79 Å². The number of guanidine groups is 1. The van der Waals surface area contributed by atoms with Gasteiger partial charge in [0.2, 0.25) is 5.91 Å². The van der Waals surface area contributed by atoms with E-state index < -0.39 is 0 Å². The number of rotatable bonds is 11. The second-order valence-corrected chi connectivity index (χ2v) is 7.50. The minimum Gasteiger partial charge on any atom is -0.380 e. The van der Waals surface area contributed by atoms with Crippen LogP contribution in [-0.2, 0) is 9.53 Å². The van der Waals surface area contributed by atoms with E-state index in [1.165, 1.54) is 0 Å². The summed E-state index contributed by atoms with van der Waals surface area (Å²) in [5.41, 5.74) is 0. The van der Waals surface area contributed by atoms with E-state index in [-0.39, 0.29) is 35.9 Å². The van der Waals surface area contributed by atoms with Crippen molar-refractivity contribution in [3.05, 3.63) is 0 Å². The smallest absolute Gasteiger partial charge is 0.239 e. The van der Waals surface area contributed by atoms with Gasteiger partial charge in [-0.3, -0.25) is 14.7 Å². The van der Waals surface area contributed by atoms with Gasteiger partial charge in [0.25, 0.3) is 0 Å². The Hall–Kier alpha value is -0.610. The monoisotopic (exact) mass is 497 g/mol. The lowest BCUT2D eigenvalue weighted by Crippen LogP contribution is -2.44. The molecule has 1 fully saturated rings. The second-order valence-electron chi connectivity index (χ2n) is 7.50. The fourth-order valence-corrected chi connectivity index (χ4v) is 3.04. The third-order valence-electron chi connectivity index (χ3n) is 4.61. The number of likely N-dealkylation sites (N-methyl/N-ethyl adjacent to an activating group) is 1. The number of hydrogen-bond acceptors (Lipinski definition) is 4. The van der Waals surface area contributed by atoms with Gasteiger partial charge < -0.3 is 20.3 Å². The van der Waals surface area contributed by atoms with Crippen molar-refractivity contribution in [1.29, 1.82) is 0 Å². The average Bonchev–Trinajstić information content (AvgIpc) is 3.06. The standard InChI is InChI=1S/C19H39N5O2.HI/c1-16(2)9-14-26-15-11-22-19(20-3)21-10-7-13-24-12-6-8-17(24)18(25)23(4)5;/h16-17H,6-15H2,1-5H3,(H2,20,21,22);1H. The van der Waals surface area contributed by atoms with Gasteiger partial charge >= 0.3 is 0 Å². The predicted octanol–water partition coefficient (Wildman–Crippen LogP) is 1.77. The quantitative estimate of drug-likeness (QED) is 0.197. The second kappa shape index (κ2) is 15.3. The molecule has 0 radical (unpaired) electrons. The molecule has 0 spiro atoms. The number of nitrogens with one attached hydrogen (secondary N) is 2. The van der Waals surface area contributed by atoms with Gasteiger partial charge in [0, 0.05) is 47.4 Å². The molecule has 0 aromatic heterocycles. The number of halogens is 1. The average molecular weight is 497 g/mol. The van der Waals surface area contributed by atoms with E-state index >= 15 is 0 Å². The maximum Gasteiger partial charge on any atom is 0.239 e. The number of ether oxygens (including phenoxy) is 1. The minimum atomic E-state index is 0. The Kier molecular flexibility index (Phi) is 15.0. The minimum absolute atomic E-state index is 0. The zero-order valence-corrected chi connectivity index (χ0v) is 20.1. The van der Waals surface area contributed by atoms with Crippen LogP contribution in [0.3, 0.4) is 0 Å². The Bertz CT molecular complexity index is 432. The normalized spacial score (nSPS) is 17.7. The molecule has 1 unspecified atom stereocenters. The maximum atomic E-state index is 12.2. The summed E-state index contributed by atoms with van der Waals surface area (Å²) in [4.78, 5) is 20.4. The molecule has 1 saturated heterocycles. The number of hydrogen-bond donors (Lipinski definition) is 2. The highest BCUT2D eigenvalue weighted by molar-refractivity contribution is 14.0. The van der Waals surface area contributed by atoms with Crippen LogP contribution < -0.4 is 10.6 Å². The van der Waals surface area contributed by atoms with E-state index in [0.717, 1.165) is 64.4 Å². The summed E-state index contributed by atoms with van der Waals surface area (Å²) in [7, 11) is 5.45. The number of aliphatic imine (C=N–C) groups is 1. The maximum absolute atomic E-state index is 12.2. The zero-order chi connectivity index (χ0) is 19.4. The van der Waals surface area contributed by atoms with Gasteiger partial charge in [-0.1, -0.05) is 13.8 Å². The SMILES string of the molecule is CN=C(NCCCN1CCCC1C(=O)N(C)C)NCCOCCC(C)C.I. The summed E-state index contributed by atoms with van der Waals surface area (Å²) < 4.78 is 5.60. The molecule has 0 aliphatic carbocycles. The number of carbonyl (C=O) groups excluding carboxylic acids is 1. The highest BCUT2D eigenvalue weighted by Crippen LogP contribution is 2.18. The van der Waals surface area contributed by atoms with Crippen molar-refractivity contribution < 1.29 is 9.53 Å². The summed E-state index contributed by atoms with van der Waals surface area (Å²) in [6.45, 7) is 9.46. The molecule has 1 rings (SSSR count). The number of amides is 1. The Labute approximate surface area is 182 Å². The molecule has 0 saturated carbocycles. The molecule has 160 valence electrons. The Morgan fingerprint density at radius 2 is 1.96 bits per heavy atom. The molecule has 0 aromatic rings. The third-order valence-corrected chi connectivity index (χ3v) is 4.61. The van der Waals surface area contributed by atoms with Crippen LogP contribution in [0.4, 0.5) is 0 Å². The highest BCUT2D eigenvalue weighted by atomic mass is 127. The number of nitrogens with zero attached hydrogens (tertiary/aromatic N) is 3. The van der Waals surface area contributed by atoms with Crippen molar-refractivity contribution in [2.45, 2.75) is 45.6 Å². The first-order chi connectivity index (χ1) is 12.5. The molecular formula is C19H40IN5O2. The highest BCUT2D eigenvalue weighted by Gasteiger charge is 2.30. The molecule has 0 aromatic carbocycles. The van der Waals surface area contributed by atoms with Crippen LogP contribution in [0.1, 0.15) is 39.5 Å². The molecule has 0 bridgehead atoms. The zero-order valence-electron chi connectivity index (χ0n) is 17.8. The lowest BCUT2D eigenvalue weighted by atomic mass is 10.1. The van der Waals surface area contributed by atoms with Gasteiger partial charge in [0.05, 0.1) is 12.6 Å².